The molecule has 0 unspecified atom stereocenters. The molecule has 0 saturated carbocycles. The topological polar surface area (TPSA) is 79.5 Å². The van der Waals surface area contributed by atoms with Gasteiger partial charge in [0.2, 0.25) is 11.9 Å². The van der Waals surface area contributed by atoms with E-state index in [0.29, 0.717) is 79.5 Å². The van der Waals surface area contributed by atoms with Crippen LogP contribution in [0, 0.1) is 5.95 Å². The van der Waals surface area contributed by atoms with Gasteiger partial charge in [0.1, 0.15) is 12.4 Å². The molecule has 0 aliphatic carbocycles. The van der Waals surface area contributed by atoms with E-state index in [1.807, 2.05) is 0 Å². The third kappa shape index (κ3) is 8.12. The minimum absolute atomic E-state index is 0.0414. The van der Waals surface area contributed by atoms with Crippen LogP contribution < -0.4 is 10.1 Å². The van der Waals surface area contributed by atoms with E-state index in [1.165, 1.54) is 6.07 Å². The molecule has 1 aliphatic rings. The van der Waals surface area contributed by atoms with Crippen LogP contribution >= 0.6 is 0 Å². The highest BCUT2D eigenvalue weighted by atomic mass is 19.4. The minimum Gasteiger partial charge on any atom is -0.492 e. The van der Waals surface area contributed by atoms with Crippen LogP contribution in [0.3, 0.4) is 0 Å². The molecule has 1 amide bonds. The Morgan fingerprint density at radius 1 is 1.00 bits per heavy atom. The van der Waals surface area contributed by atoms with Crippen molar-refractivity contribution in [2.75, 3.05) is 46.0 Å². The predicted octanol–water partition coefficient (Wildman–Crippen LogP) is 6.00. The number of aromatic nitrogens is 2. The van der Waals surface area contributed by atoms with E-state index in [1.54, 1.807) is 83.8 Å². The number of fused-ring (bicyclic) bond motifs is 1. The fraction of sp³-hybridized carbons (Fsp3) is 0.273. The number of hydrogen-bond donors (Lipinski definition) is 2. The molecule has 0 radical (unpaired) electrons. The first-order valence-corrected chi connectivity index (χ1v) is 14.2. The second-order valence-electron chi connectivity index (χ2n) is 10.2. The van der Waals surface area contributed by atoms with Crippen molar-refractivity contribution in [1.82, 2.24) is 20.4 Å². The first-order chi connectivity index (χ1) is 21.3. The Balaban J connectivity index is 1.31. The zero-order valence-electron chi connectivity index (χ0n) is 23.9. The second-order valence-corrected chi connectivity index (χ2v) is 10.2. The summed E-state index contributed by atoms with van der Waals surface area (Å²) in [6.07, 6.45) is -2.35. The number of hydrogen-bond acceptors (Lipinski definition) is 5. The first-order valence-electron chi connectivity index (χ1n) is 14.2. The number of H-pyrrole nitrogens is 1. The lowest BCUT2D eigenvalue weighted by Gasteiger charge is -2.25. The summed E-state index contributed by atoms with van der Waals surface area (Å²) >= 11 is 0. The van der Waals surface area contributed by atoms with Crippen LogP contribution in [0.25, 0.3) is 22.0 Å². The van der Waals surface area contributed by atoms with E-state index >= 15 is 0 Å². The Bertz CT molecular complexity index is 1610. The summed E-state index contributed by atoms with van der Waals surface area (Å²) in [6, 6.07) is 19.9. The van der Waals surface area contributed by atoms with Gasteiger partial charge in [0.25, 0.3) is 0 Å². The monoisotopic (exact) mass is 608 g/mol. The Morgan fingerprint density at radius 2 is 1.73 bits per heavy atom. The third-order valence-electron chi connectivity index (χ3n) is 7.13. The normalized spacial score (nSPS) is 14.7. The van der Waals surface area contributed by atoms with E-state index in [0.717, 1.165) is 0 Å². The largest absolute Gasteiger partial charge is 0.492 e. The van der Waals surface area contributed by atoms with Crippen molar-refractivity contribution in [3.05, 3.63) is 108 Å². The lowest BCUT2D eigenvalue weighted by Crippen LogP contribution is -2.39. The van der Waals surface area contributed by atoms with Gasteiger partial charge < -0.3 is 19.7 Å². The fourth-order valence-electron chi connectivity index (χ4n) is 5.02. The molecule has 0 spiro atoms. The summed E-state index contributed by atoms with van der Waals surface area (Å²) in [7, 11) is 0. The van der Waals surface area contributed by atoms with Gasteiger partial charge in [0.15, 0.2) is 0 Å². The van der Waals surface area contributed by atoms with Crippen LogP contribution in [0.5, 0.6) is 5.75 Å². The number of nitrogens with zero attached hydrogens (tertiary/aromatic N) is 2. The summed E-state index contributed by atoms with van der Waals surface area (Å²) in [5.41, 5.74) is 2.15. The quantitative estimate of drug-likeness (QED) is 0.0946. The van der Waals surface area contributed by atoms with Gasteiger partial charge in [-0.05, 0) is 52.1 Å². The number of amides is 1. The van der Waals surface area contributed by atoms with Gasteiger partial charge in [-0.1, -0.05) is 54.6 Å². The van der Waals surface area contributed by atoms with Crippen LogP contribution in [0.2, 0.25) is 0 Å². The molecule has 1 aromatic heterocycles. The molecule has 1 aliphatic heterocycles. The number of carbonyl (C=O) groups excluding carboxylic acids is 1. The highest BCUT2D eigenvalue weighted by molar-refractivity contribution is 6.00. The van der Waals surface area contributed by atoms with Gasteiger partial charge in [0, 0.05) is 32.3 Å². The van der Waals surface area contributed by atoms with Crippen LogP contribution in [0.1, 0.15) is 23.1 Å². The van der Waals surface area contributed by atoms with E-state index in [-0.39, 0.29) is 16.9 Å². The second kappa shape index (κ2) is 14.3. The fourth-order valence-corrected chi connectivity index (χ4v) is 5.02. The van der Waals surface area contributed by atoms with E-state index in [4.69, 9.17) is 9.47 Å². The molecule has 0 atom stereocenters. The number of allylic oxidation sites excluding steroid dienone is 1. The molecule has 44 heavy (non-hydrogen) atoms. The maximum Gasteiger partial charge on any atom is 0.393 e. The van der Waals surface area contributed by atoms with Crippen molar-refractivity contribution in [2.24, 2.45) is 0 Å². The Morgan fingerprint density at radius 3 is 2.45 bits per heavy atom. The average molecular weight is 609 g/mol. The summed E-state index contributed by atoms with van der Waals surface area (Å²) in [6.45, 7) is 3.64. The number of morpholine rings is 1. The van der Waals surface area contributed by atoms with Crippen molar-refractivity contribution in [3.8, 4) is 5.75 Å². The van der Waals surface area contributed by atoms with Gasteiger partial charge >= 0.3 is 6.18 Å². The summed E-state index contributed by atoms with van der Waals surface area (Å²) in [5.74, 6) is -0.156. The lowest BCUT2D eigenvalue weighted by molar-refractivity contribution is -0.130. The summed E-state index contributed by atoms with van der Waals surface area (Å²) in [4.78, 5) is 13.9. The molecule has 1 saturated heterocycles. The number of carbonyl (C=O) groups is 1. The third-order valence-corrected chi connectivity index (χ3v) is 7.13. The molecule has 2 heterocycles. The Hall–Kier alpha value is -4.48. The summed E-state index contributed by atoms with van der Waals surface area (Å²) in [5, 5.41) is 9.55. The number of ether oxygens (including phenoxy) is 2. The van der Waals surface area contributed by atoms with Crippen LogP contribution in [-0.4, -0.2) is 73.2 Å². The molecule has 1 fully saturated rings. The number of benzene rings is 3. The van der Waals surface area contributed by atoms with Crippen LogP contribution in [0.15, 0.2) is 84.9 Å². The molecule has 4 aromatic rings. The van der Waals surface area contributed by atoms with E-state index in [9.17, 15) is 22.4 Å². The van der Waals surface area contributed by atoms with Gasteiger partial charge in [-0.15, -0.1) is 0 Å². The zero-order chi connectivity index (χ0) is 30.9. The number of alkyl halides is 3. The van der Waals surface area contributed by atoms with Gasteiger partial charge in [0.05, 0.1) is 30.5 Å². The van der Waals surface area contributed by atoms with Crippen molar-refractivity contribution in [2.45, 2.75) is 12.6 Å². The van der Waals surface area contributed by atoms with E-state index in [2.05, 4.69) is 15.5 Å². The Labute approximate surface area is 252 Å². The molecule has 5 rings (SSSR count). The van der Waals surface area contributed by atoms with Crippen molar-refractivity contribution in [3.63, 3.8) is 0 Å². The smallest absolute Gasteiger partial charge is 0.393 e. The first kappa shape index (κ1) is 31.0. The van der Waals surface area contributed by atoms with Crippen molar-refractivity contribution < 1.29 is 31.8 Å². The molecule has 230 valence electrons. The number of rotatable bonds is 11. The molecule has 2 N–H and O–H groups in total. The molecule has 11 heteroatoms. The van der Waals surface area contributed by atoms with Gasteiger partial charge in [-0.2, -0.15) is 22.7 Å². The molecule has 0 bridgehead atoms. The average Bonchev–Trinajstić information content (AvgIpc) is 3.41. The van der Waals surface area contributed by atoms with Gasteiger partial charge in [-0.25, -0.2) is 0 Å². The molecular weight excluding hydrogens is 576 g/mol. The summed E-state index contributed by atoms with van der Waals surface area (Å²) < 4.78 is 67.3. The lowest BCUT2D eigenvalue weighted by atomic mass is 9.87. The number of halogens is 4. The maximum atomic E-state index is 14.4. The molecule has 3 aromatic carbocycles. The van der Waals surface area contributed by atoms with Gasteiger partial charge in [-0.3, -0.25) is 9.89 Å². The van der Waals surface area contributed by atoms with Crippen molar-refractivity contribution >= 4 is 28.0 Å². The predicted molar refractivity (Wildman–Crippen MR) is 160 cm³/mol. The number of nitrogens with one attached hydrogen (secondary N) is 2. The highest BCUT2D eigenvalue weighted by Gasteiger charge is 2.31. The maximum absolute atomic E-state index is 14.4. The Kier molecular flexibility index (Phi) is 10.1. The van der Waals surface area contributed by atoms with Crippen LogP contribution in [-0.2, 0) is 9.53 Å². The van der Waals surface area contributed by atoms with E-state index < -0.39 is 18.5 Å². The minimum atomic E-state index is -4.48. The number of aromatic amines is 1. The SMILES string of the molecule is O=C(/C=C/CNCCOc1ccc(/C(=C(/CC(F)(F)F)c2ccccc2)c2ccc3n[nH]c(F)c3c2)cc1)N1CCOCC1. The highest BCUT2D eigenvalue weighted by Crippen LogP contribution is 2.40. The standard InChI is InChI=1S/C33H32F4N4O3/c34-32-27-21-25(10-13-29(27)39-40-32)31(28(22-33(35,36)37)23-5-2-1-3-6-23)24-8-11-26(12-9-24)44-18-15-38-14-4-7-30(42)41-16-19-43-20-17-41/h1-13,21,38H,14-20,22H2,(H,39,40)/b7-4+,31-28+. The van der Waals surface area contributed by atoms with Crippen molar-refractivity contribution in [1.29, 1.82) is 0 Å². The van der Waals surface area contributed by atoms with Crippen LogP contribution in [0.4, 0.5) is 17.6 Å². The molecular formula is C33H32F4N4O3. The zero-order valence-corrected chi connectivity index (χ0v) is 23.9. The molecule has 7 nitrogen and oxygen atoms in total.